The van der Waals surface area contributed by atoms with Crippen LogP contribution in [0.3, 0.4) is 0 Å². The molecule has 1 heterocycles. The van der Waals surface area contributed by atoms with E-state index in [1.54, 1.807) is 11.8 Å². The Morgan fingerprint density at radius 1 is 1.44 bits per heavy atom. The molecule has 0 aromatic heterocycles. The van der Waals surface area contributed by atoms with E-state index in [-0.39, 0.29) is 0 Å². The minimum Gasteiger partial charge on any atom is -0.449 e. The van der Waals surface area contributed by atoms with Gasteiger partial charge in [-0.05, 0) is 23.9 Å². The van der Waals surface area contributed by atoms with E-state index in [0.717, 1.165) is 23.2 Å². The van der Waals surface area contributed by atoms with Gasteiger partial charge in [-0.25, -0.2) is 0 Å². The lowest BCUT2D eigenvalue weighted by Gasteiger charge is -2.20. The lowest BCUT2D eigenvalue weighted by molar-refractivity contribution is 0.612. The number of rotatable bonds is 3. The number of aliphatic imine (C=N–C) groups is 1. The molecule has 1 N–H and O–H groups in total. The lowest BCUT2D eigenvalue weighted by atomic mass is 10.3. The Morgan fingerprint density at radius 3 is 2.81 bits per heavy atom. The molecule has 16 heavy (non-hydrogen) atoms. The van der Waals surface area contributed by atoms with Crippen molar-refractivity contribution in [3.05, 3.63) is 30.3 Å². The minimum absolute atomic E-state index is 0.810. The fourth-order valence-electron chi connectivity index (χ4n) is 1.28. The van der Waals surface area contributed by atoms with Crippen molar-refractivity contribution < 1.29 is 4.52 Å². The third-order valence-electron chi connectivity index (χ3n) is 1.91. The quantitative estimate of drug-likeness (QED) is 0.858. The molecule has 1 aromatic carbocycles. The molecule has 0 saturated carbocycles. The zero-order valence-electron chi connectivity index (χ0n) is 8.92. The van der Waals surface area contributed by atoms with Crippen molar-refractivity contribution in [3.63, 3.8) is 0 Å². The molecule has 0 fully saturated rings. The fraction of sp³-hybridized carbons (Fsp3) is 0.300. The highest BCUT2D eigenvalue weighted by molar-refractivity contribution is 8.17. The molecule has 6 heteroatoms. The number of hydrogen-bond acceptors (Lipinski definition) is 4. The van der Waals surface area contributed by atoms with Gasteiger partial charge in [0.25, 0.3) is 0 Å². The third-order valence-corrected chi connectivity index (χ3v) is 4.62. The predicted molar refractivity (Wildman–Crippen MR) is 75.2 cm³/mol. The molecule has 1 aliphatic rings. The highest BCUT2D eigenvalue weighted by atomic mass is 32.4. The van der Waals surface area contributed by atoms with E-state index >= 15 is 0 Å². The fourth-order valence-corrected chi connectivity index (χ4v) is 4.30. The van der Waals surface area contributed by atoms with E-state index in [2.05, 4.69) is 10.1 Å². The van der Waals surface area contributed by atoms with Gasteiger partial charge in [0.2, 0.25) is 6.42 Å². The smallest absolute Gasteiger partial charge is 0.200 e. The summed E-state index contributed by atoms with van der Waals surface area (Å²) in [5.41, 5.74) is 0. The van der Waals surface area contributed by atoms with Crippen LogP contribution in [-0.4, -0.2) is 24.1 Å². The molecule has 1 aliphatic heterocycles. The highest BCUT2D eigenvalue weighted by Crippen LogP contribution is 2.40. The maximum atomic E-state index is 5.78. The van der Waals surface area contributed by atoms with Gasteiger partial charge in [0.15, 0.2) is 5.17 Å². The molecule has 1 aromatic rings. The Balaban J connectivity index is 2.00. The van der Waals surface area contributed by atoms with Crippen molar-refractivity contribution in [1.29, 1.82) is 0 Å². The molecule has 0 aliphatic carbocycles. The number of benzene rings is 1. The van der Waals surface area contributed by atoms with Gasteiger partial charge in [0.1, 0.15) is 5.75 Å². The van der Waals surface area contributed by atoms with Gasteiger partial charge < -0.3 is 9.61 Å². The SMILES string of the molecule is CP(=S)(NC1=NCCS1)Oc1ccccc1. The zero-order valence-corrected chi connectivity index (χ0v) is 11.4. The average molecular weight is 272 g/mol. The van der Waals surface area contributed by atoms with Gasteiger partial charge >= 0.3 is 0 Å². The van der Waals surface area contributed by atoms with Gasteiger partial charge in [-0.15, -0.1) is 0 Å². The molecule has 3 nitrogen and oxygen atoms in total. The van der Waals surface area contributed by atoms with Crippen LogP contribution in [0.1, 0.15) is 0 Å². The van der Waals surface area contributed by atoms with Crippen molar-refractivity contribution in [2.24, 2.45) is 4.99 Å². The Kier molecular flexibility index (Phi) is 3.90. The first-order valence-corrected chi connectivity index (χ1v) is 9.09. The molecule has 0 amide bonds. The lowest BCUT2D eigenvalue weighted by Crippen LogP contribution is -2.17. The van der Waals surface area contributed by atoms with Gasteiger partial charge in [0.05, 0.1) is 6.54 Å². The molecule has 86 valence electrons. The van der Waals surface area contributed by atoms with Gasteiger partial charge in [-0.3, -0.25) is 4.99 Å². The van der Waals surface area contributed by atoms with Crippen LogP contribution in [0.2, 0.25) is 0 Å². The molecule has 1 atom stereocenters. The molecule has 0 bridgehead atoms. The van der Waals surface area contributed by atoms with Gasteiger partial charge in [-0.1, -0.05) is 30.0 Å². The van der Waals surface area contributed by atoms with Crippen molar-refractivity contribution in [2.75, 3.05) is 19.0 Å². The summed E-state index contributed by atoms with van der Waals surface area (Å²) in [6.07, 6.45) is -2.03. The number of nitrogens with one attached hydrogen (secondary N) is 1. The Hall–Kier alpha value is -0.510. The van der Waals surface area contributed by atoms with Crippen LogP contribution in [0.15, 0.2) is 35.3 Å². The molecule has 2 rings (SSSR count). The van der Waals surface area contributed by atoms with Crippen molar-refractivity contribution in [1.82, 2.24) is 5.09 Å². The van der Waals surface area contributed by atoms with Crippen molar-refractivity contribution >= 4 is 35.2 Å². The zero-order chi connectivity index (χ0) is 11.4. The van der Waals surface area contributed by atoms with E-state index in [0.29, 0.717) is 0 Å². The molecule has 0 saturated heterocycles. The first-order chi connectivity index (χ1) is 7.66. The van der Waals surface area contributed by atoms with E-state index in [1.807, 2.05) is 37.0 Å². The second-order valence-electron chi connectivity index (χ2n) is 3.40. The van der Waals surface area contributed by atoms with Crippen LogP contribution in [0.5, 0.6) is 5.75 Å². The van der Waals surface area contributed by atoms with Gasteiger partial charge in [-0.2, -0.15) is 0 Å². The van der Waals surface area contributed by atoms with E-state index < -0.39 is 6.42 Å². The van der Waals surface area contributed by atoms with E-state index in [4.69, 9.17) is 16.3 Å². The van der Waals surface area contributed by atoms with Crippen LogP contribution < -0.4 is 9.61 Å². The summed E-state index contributed by atoms with van der Waals surface area (Å²) in [5.74, 6) is 1.84. The largest absolute Gasteiger partial charge is 0.449 e. The van der Waals surface area contributed by atoms with Crippen LogP contribution >= 0.6 is 18.2 Å². The molecule has 0 radical (unpaired) electrons. The summed E-state index contributed by atoms with van der Waals surface area (Å²) in [6.45, 7) is 2.80. The highest BCUT2D eigenvalue weighted by Gasteiger charge is 2.17. The topological polar surface area (TPSA) is 33.6 Å². The van der Waals surface area contributed by atoms with Crippen molar-refractivity contribution in [3.8, 4) is 5.75 Å². The number of amidine groups is 1. The van der Waals surface area contributed by atoms with Crippen LogP contribution in [0, 0.1) is 0 Å². The maximum absolute atomic E-state index is 5.78. The Morgan fingerprint density at radius 2 is 2.19 bits per heavy atom. The summed E-state index contributed by atoms with van der Waals surface area (Å²) < 4.78 is 5.78. The first-order valence-electron chi connectivity index (χ1n) is 4.93. The maximum Gasteiger partial charge on any atom is 0.200 e. The van der Waals surface area contributed by atoms with Gasteiger partial charge in [0, 0.05) is 12.4 Å². The van der Waals surface area contributed by atoms with Crippen LogP contribution in [0.4, 0.5) is 0 Å². The van der Waals surface area contributed by atoms with Crippen LogP contribution in [-0.2, 0) is 11.8 Å². The van der Waals surface area contributed by atoms with Crippen molar-refractivity contribution in [2.45, 2.75) is 0 Å². The summed E-state index contributed by atoms with van der Waals surface area (Å²) >= 11 is 7.15. The summed E-state index contributed by atoms with van der Waals surface area (Å²) in [6, 6.07) is 9.65. The van der Waals surface area contributed by atoms with Crippen LogP contribution in [0.25, 0.3) is 0 Å². The minimum atomic E-state index is -2.03. The standard InChI is InChI=1S/C10H13N2OPS2/c1-14(15,12-10-11-7-8-16-10)13-9-5-3-2-4-6-9/h2-6H,7-8H2,1H3,(H,11,12,15). The number of para-hydroxylation sites is 1. The molecule has 1 unspecified atom stereocenters. The first kappa shape index (κ1) is 12.0. The number of hydrogen-bond donors (Lipinski definition) is 1. The molecular weight excluding hydrogens is 259 g/mol. The monoisotopic (exact) mass is 272 g/mol. The number of nitrogens with zero attached hydrogens (tertiary/aromatic N) is 1. The summed E-state index contributed by atoms with van der Waals surface area (Å²) in [5, 5.41) is 4.14. The normalized spacial score (nSPS) is 18.7. The predicted octanol–water partition coefficient (Wildman–Crippen LogP) is 2.70. The number of thioether (sulfide) groups is 1. The Labute approximate surface area is 105 Å². The summed E-state index contributed by atoms with van der Waals surface area (Å²) in [7, 11) is 0. The van der Waals surface area contributed by atoms with E-state index in [1.165, 1.54) is 0 Å². The molecule has 0 spiro atoms. The Bertz CT molecular complexity index is 436. The second-order valence-corrected chi connectivity index (χ2v) is 8.67. The van der Waals surface area contributed by atoms with E-state index in [9.17, 15) is 0 Å². The molecular formula is C10H13N2OPS2. The summed E-state index contributed by atoms with van der Waals surface area (Å²) in [4.78, 5) is 4.31. The second kappa shape index (κ2) is 5.21. The third kappa shape index (κ3) is 3.51. The average Bonchev–Trinajstić information content (AvgIpc) is 2.70.